The fourth-order valence-corrected chi connectivity index (χ4v) is 2.23. The van der Waals surface area contributed by atoms with Gasteiger partial charge in [0.15, 0.2) is 0 Å². The average Bonchev–Trinajstić information content (AvgIpc) is 2.57. The van der Waals surface area contributed by atoms with Crippen LogP contribution in [0.25, 0.3) is 0 Å². The molecule has 0 fully saturated rings. The fraction of sp³-hybridized carbons (Fsp3) is 0.565. The van der Waals surface area contributed by atoms with Gasteiger partial charge in [-0.25, -0.2) is 0 Å². The van der Waals surface area contributed by atoms with E-state index in [0.29, 0.717) is 0 Å². The van der Waals surface area contributed by atoms with Crippen LogP contribution in [0.3, 0.4) is 0 Å². The van der Waals surface area contributed by atoms with E-state index in [4.69, 9.17) is 0 Å². The minimum Gasteiger partial charge on any atom is -0.0885 e. The Bertz CT molecular complexity index is 352. The minimum atomic E-state index is 1.05. The molecule has 0 rings (SSSR count). The van der Waals surface area contributed by atoms with Crippen LogP contribution in [0, 0.1) is 0 Å². The third kappa shape index (κ3) is 20.7. The summed E-state index contributed by atoms with van der Waals surface area (Å²) in [7, 11) is 0. The molecule has 0 aliphatic heterocycles. The number of hydrogen-bond acceptors (Lipinski definition) is 0. The zero-order valence-corrected chi connectivity index (χ0v) is 15.6. The molecule has 0 heterocycles. The molecule has 0 saturated heterocycles. The van der Waals surface area contributed by atoms with Gasteiger partial charge in [-0.05, 0) is 44.9 Å². The summed E-state index contributed by atoms with van der Waals surface area (Å²) in [5.41, 5.74) is 0. The highest BCUT2D eigenvalue weighted by Crippen LogP contribution is 2.05. The number of unbranched alkanes of at least 4 members (excludes halogenated alkanes) is 5. The number of allylic oxidation sites excluding steroid dienone is 10. The molecule has 0 aliphatic carbocycles. The molecule has 0 saturated carbocycles. The molecule has 0 bridgehead atoms. The van der Waals surface area contributed by atoms with Crippen molar-refractivity contribution in [1.29, 1.82) is 0 Å². The zero-order valence-electron chi connectivity index (χ0n) is 15.6. The van der Waals surface area contributed by atoms with E-state index in [2.05, 4.69) is 74.6 Å². The summed E-state index contributed by atoms with van der Waals surface area (Å²) in [5.74, 6) is 0. The van der Waals surface area contributed by atoms with Crippen molar-refractivity contribution < 1.29 is 0 Å². The lowest BCUT2D eigenvalue weighted by Gasteiger charge is -1.95. The molecule has 0 amide bonds. The summed E-state index contributed by atoms with van der Waals surface area (Å²) in [6, 6.07) is 0. The lowest BCUT2D eigenvalue weighted by Crippen LogP contribution is -1.75. The minimum absolute atomic E-state index is 1.05. The van der Waals surface area contributed by atoms with E-state index in [-0.39, 0.29) is 0 Å². The summed E-state index contributed by atoms with van der Waals surface area (Å²) in [5, 5.41) is 0. The molecule has 0 N–H and O–H groups in total. The molecule has 0 unspecified atom stereocenters. The van der Waals surface area contributed by atoms with Gasteiger partial charge in [0.05, 0.1) is 0 Å². The SMILES string of the molecule is CC/C=C/C/C=C/C/C=C/C/C=C/C/C=C/CCCCCCC. The first-order valence-electron chi connectivity index (χ1n) is 9.66. The van der Waals surface area contributed by atoms with E-state index in [1.165, 1.54) is 38.5 Å². The Labute approximate surface area is 145 Å². The largest absolute Gasteiger partial charge is 0.0885 e. The van der Waals surface area contributed by atoms with Gasteiger partial charge in [0.1, 0.15) is 0 Å². The van der Waals surface area contributed by atoms with Crippen molar-refractivity contribution in [2.24, 2.45) is 0 Å². The monoisotopic (exact) mass is 314 g/mol. The second kappa shape index (κ2) is 20.7. The van der Waals surface area contributed by atoms with Crippen LogP contribution < -0.4 is 0 Å². The molecule has 0 radical (unpaired) electrons. The smallest absolute Gasteiger partial charge is 0.0169 e. The molecule has 0 atom stereocenters. The maximum atomic E-state index is 2.34. The first kappa shape index (κ1) is 21.7. The van der Waals surface area contributed by atoms with Crippen LogP contribution in [0.15, 0.2) is 60.8 Å². The van der Waals surface area contributed by atoms with E-state index in [1.54, 1.807) is 0 Å². The highest BCUT2D eigenvalue weighted by atomic mass is 13.9. The second-order valence-corrected chi connectivity index (χ2v) is 5.91. The molecule has 130 valence electrons. The van der Waals surface area contributed by atoms with Crippen molar-refractivity contribution in [3.8, 4) is 0 Å². The van der Waals surface area contributed by atoms with Crippen molar-refractivity contribution in [3.05, 3.63) is 60.8 Å². The van der Waals surface area contributed by atoms with Crippen molar-refractivity contribution in [2.75, 3.05) is 0 Å². The van der Waals surface area contributed by atoms with Gasteiger partial charge in [-0.15, -0.1) is 0 Å². The van der Waals surface area contributed by atoms with Crippen LogP contribution in [0.4, 0.5) is 0 Å². The third-order valence-electron chi connectivity index (χ3n) is 3.63. The molecule has 0 aliphatic rings. The van der Waals surface area contributed by atoms with E-state index < -0.39 is 0 Å². The van der Waals surface area contributed by atoms with E-state index in [9.17, 15) is 0 Å². The van der Waals surface area contributed by atoms with Crippen LogP contribution >= 0.6 is 0 Å². The number of hydrogen-bond donors (Lipinski definition) is 0. The molecular weight excluding hydrogens is 276 g/mol. The molecule has 0 aromatic rings. The van der Waals surface area contributed by atoms with Gasteiger partial charge in [0.25, 0.3) is 0 Å². The van der Waals surface area contributed by atoms with Gasteiger partial charge < -0.3 is 0 Å². The predicted octanol–water partition coefficient (Wildman–Crippen LogP) is 8.10. The molecule has 23 heavy (non-hydrogen) atoms. The van der Waals surface area contributed by atoms with Crippen LogP contribution in [-0.4, -0.2) is 0 Å². The molecular formula is C23H38. The van der Waals surface area contributed by atoms with Gasteiger partial charge in [-0.2, -0.15) is 0 Å². The topological polar surface area (TPSA) is 0 Å². The lowest BCUT2D eigenvalue weighted by molar-refractivity contribution is 0.637. The molecule has 0 nitrogen and oxygen atoms in total. The summed E-state index contributed by atoms with van der Waals surface area (Å²) < 4.78 is 0. The molecule has 0 spiro atoms. The Hall–Kier alpha value is -1.30. The maximum Gasteiger partial charge on any atom is -0.0169 e. The van der Waals surface area contributed by atoms with Crippen molar-refractivity contribution in [1.82, 2.24) is 0 Å². The van der Waals surface area contributed by atoms with Crippen LogP contribution in [0.5, 0.6) is 0 Å². The highest BCUT2D eigenvalue weighted by Gasteiger charge is 1.85. The summed E-state index contributed by atoms with van der Waals surface area (Å²) >= 11 is 0. The predicted molar refractivity (Wildman–Crippen MR) is 108 cm³/mol. The Kier molecular flexibility index (Phi) is 19.5. The van der Waals surface area contributed by atoms with Gasteiger partial charge >= 0.3 is 0 Å². The van der Waals surface area contributed by atoms with Crippen molar-refractivity contribution >= 4 is 0 Å². The fourth-order valence-electron chi connectivity index (χ4n) is 2.23. The van der Waals surface area contributed by atoms with Crippen molar-refractivity contribution in [3.63, 3.8) is 0 Å². The normalized spacial score (nSPS) is 13.0. The van der Waals surface area contributed by atoms with E-state index >= 15 is 0 Å². The van der Waals surface area contributed by atoms with Crippen molar-refractivity contribution in [2.45, 2.75) is 84.5 Å². The lowest BCUT2D eigenvalue weighted by atomic mass is 10.1. The van der Waals surface area contributed by atoms with Gasteiger partial charge in [0.2, 0.25) is 0 Å². The third-order valence-corrected chi connectivity index (χ3v) is 3.63. The Morgan fingerprint density at radius 2 is 0.870 bits per heavy atom. The first-order valence-corrected chi connectivity index (χ1v) is 9.66. The highest BCUT2D eigenvalue weighted by molar-refractivity contribution is 5.00. The summed E-state index contributed by atoms with van der Waals surface area (Å²) in [6.07, 6.45) is 36.1. The van der Waals surface area contributed by atoms with E-state index in [0.717, 1.165) is 32.1 Å². The Morgan fingerprint density at radius 3 is 1.35 bits per heavy atom. The quantitative estimate of drug-likeness (QED) is 0.211. The average molecular weight is 315 g/mol. The van der Waals surface area contributed by atoms with Gasteiger partial charge in [0, 0.05) is 0 Å². The first-order chi connectivity index (χ1) is 11.4. The standard InChI is InChI=1S/C23H38/c1-3-5-7-9-11-13-15-17-19-21-23-22-20-18-16-14-12-10-8-6-4-2/h5,7,11,13,16-19,22-23H,3-4,6,8-10,12,14-15,20-21H2,1-2H3/b7-5+,13-11+,18-16+,19-17+,23-22+. The molecule has 0 aromatic heterocycles. The van der Waals surface area contributed by atoms with Crippen LogP contribution in [0.2, 0.25) is 0 Å². The Balaban J connectivity index is 3.39. The number of rotatable bonds is 15. The molecule has 0 heteroatoms. The summed E-state index contributed by atoms with van der Waals surface area (Å²) in [6.45, 7) is 4.44. The van der Waals surface area contributed by atoms with E-state index in [1.807, 2.05) is 0 Å². The Morgan fingerprint density at radius 1 is 0.435 bits per heavy atom. The zero-order chi connectivity index (χ0) is 16.8. The maximum absolute atomic E-state index is 2.34. The van der Waals surface area contributed by atoms with Gasteiger partial charge in [-0.3, -0.25) is 0 Å². The van der Waals surface area contributed by atoms with Crippen LogP contribution in [0.1, 0.15) is 84.5 Å². The second-order valence-electron chi connectivity index (χ2n) is 5.91. The van der Waals surface area contributed by atoms with Crippen LogP contribution in [-0.2, 0) is 0 Å². The summed E-state index contributed by atoms with van der Waals surface area (Å²) in [4.78, 5) is 0. The molecule has 0 aromatic carbocycles. The van der Waals surface area contributed by atoms with Gasteiger partial charge in [-0.1, -0.05) is 100 Å².